The fraction of sp³-hybridized carbons (Fsp3) is 0.700. The lowest BCUT2D eigenvalue weighted by molar-refractivity contribution is -0.172. The Labute approximate surface area is 156 Å². The molecular weight excluding hydrogens is 350 g/mol. The number of piperidine rings is 1. The van der Waals surface area contributed by atoms with Gasteiger partial charge >= 0.3 is 0 Å². The lowest BCUT2D eigenvalue weighted by Gasteiger charge is -2.54. The molecule has 1 aromatic carbocycles. The second kappa shape index (κ2) is 5.94. The van der Waals surface area contributed by atoms with Crippen molar-refractivity contribution in [3.8, 4) is 5.75 Å². The van der Waals surface area contributed by atoms with Crippen LogP contribution in [0, 0.1) is 18.3 Å². The van der Waals surface area contributed by atoms with E-state index in [1.807, 2.05) is 0 Å². The fourth-order valence-electron chi connectivity index (χ4n) is 4.90. The highest BCUT2D eigenvalue weighted by atomic mass is 32.2. The van der Waals surface area contributed by atoms with Crippen LogP contribution in [0.4, 0.5) is 0 Å². The van der Waals surface area contributed by atoms with Gasteiger partial charge in [-0.2, -0.15) is 0 Å². The molecule has 2 saturated heterocycles. The summed E-state index contributed by atoms with van der Waals surface area (Å²) in [5.74, 6) is 1.22. The SMILES string of the molecule is Cc1ccc2c(c1)OC(C)(C)[C@H]1CC3(CCN(S(C)(=O)=O)CC3)CO[C@H]21. The number of sulfonamides is 1. The third-order valence-corrected chi connectivity index (χ3v) is 7.88. The lowest BCUT2D eigenvalue weighted by atomic mass is 9.64. The van der Waals surface area contributed by atoms with Gasteiger partial charge in [-0.05, 0) is 57.1 Å². The van der Waals surface area contributed by atoms with Crippen LogP contribution in [0.5, 0.6) is 5.75 Å². The van der Waals surface area contributed by atoms with Crippen molar-refractivity contribution in [3.63, 3.8) is 0 Å². The van der Waals surface area contributed by atoms with E-state index in [1.165, 1.54) is 11.8 Å². The molecule has 0 aromatic heterocycles. The molecule has 3 aliphatic rings. The Morgan fingerprint density at radius 1 is 1.19 bits per heavy atom. The van der Waals surface area contributed by atoms with Gasteiger partial charge in [0.1, 0.15) is 11.4 Å². The van der Waals surface area contributed by atoms with Gasteiger partial charge in [0.2, 0.25) is 10.0 Å². The van der Waals surface area contributed by atoms with Crippen molar-refractivity contribution in [1.29, 1.82) is 0 Å². The van der Waals surface area contributed by atoms with E-state index in [0.29, 0.717) is 19.7 Å². The van der Waals surface area contributed by atoms with E-state index in [4.69, 9.17) is 9.47 Å². The number of hydrogen-bond acceptors (Lipinski definition) is 4. The Kier molecular flexibility index (Phi) is 4.18. The summed E-state index contributed by atoms with van der Waals surface area (Å²) >= 11 is 0. The average Bonchev–Trinajstić information content (AvgIpc) is 2.54. The summed E-state index contributed by atoms with van der Waals surface area (Å²) in [6.45, 7) is 8.28. The van der Waals surface area contributed by atoms with E-state index >= 15 is 0 Å². The first-order valence-electron chi connectivity index (χ1n) is 9.46. The van der Waals surface area contributed by atoms with Gasteiger partial charge in [-0.1, -0.05) is 12.1 Å². The number of hydrogen-bond donors (Lipinski definition) is 0. The first-order valence-corrected chi connectivity index (χ1v) is 11.3. The molecule has 0 aliphatic carbocycles. The van der Waals surface area contributed by atoms with Crippen molar-refractivity contribution >= 4 is 10.0 Å². The summed E-state index contributed by atoms with van der Waals surface area (Å²) in [6.07, 6.45) is 4.11. The zero-order chi connectivity index (χ0) is 18.7. The van der Waals surface area contributed by atoms with Crippen LogP contribution in [0.1, 0.15) is 50.3 Å². The number of benzene rings is 1. The van der Waals surface area contributed by atoms with E-state index in [2.05, 4.69) is 39.0 Å². The third-order valence-electron chi connectivity index (χ3n) is 6.58. The zero-order valence-electron chi connectivity index (χ0n) is 16.1. The van der Waals surface area contributed by atoms with Crippen LogP contribution in [0.25, 0.3) is 0 Å². The van der Waals surface area contributed by atoms with E-state index in [-0.39, 0.29) is 23.0 Å². The Hall–Kier alpha value is -1.11. The molecule has 2 fully saturated rings. The molecule has 0 bridgehead atoms. The Morgan fingerprint density at radius 2 is 1.88 bits per heavy atom. The summed E-state index contributed by atoms with van der Waals surface area (Å²) in [5, 5.41) is 0. The summed E-state index contributed by atoms with van der Waals surface area (Å²) in [4.78, 5) is 0. The van der Waals surface area contributed by atoms with Crippen LogP contribution < -0.4 is 4.74 Å². The van der Waals surface area contributed by atoms with Crippen LogP contribution in [0.2, 0.25) is 0 Å². The molecule has 0 saturated carbocycles. The lowest BCUT2D eigenvalue weighted by Crippen LogP contribution is -2.54. The van der Waals surface area contributed by atoms with E-state index in [9.17, 15) is 8.42 Å². The highest BCUT2D eigenvalue weighted by Gasteiger charge is 2.53. The number of aryl methyl sites for hydroxylation is 1. The second-order valence-corrected chi connectivity index (χ2v) is 10.9. The van der Waals surface area contributed by atoms with Gasteiger partial charge in [0.25, 0.3) is 0 Å². The molecule has 1 spiro atoms. The van der Waals surface area contributed by atoms with Crippen LogP contribution >= 0.6 is 0 Å². The molecule has 1 aromatic rings. The monoisotopic (exact) mass is 379 g/mol. The number of nitrogens with zero attached hydrogens (tertiary/aromatic N) is 1. The molecule has 3 aliphatic heterocycles. The van der Waals surface area contributed by atoms with Gasteiger partial charge in [0.15, 0.2) is 0 Å². The van der Waals surface area contributed by atoms with Gasteiger partial charge in [-0.15, -0.1) is 0 Å². The fourth-order valence-corrected chi connectivity index (χ4v) is 5.74. The van der Waals surface area contributed by atoms with Crippen LogP contribution in [0.3, 0.4) is 0 Å². The summed E-state index contributed by atoms with van der Waals surface area (Å²) < 4.78 is 38.1. The quantitative estimate of drug-likeness (QED) is 0.751. The molecule has 5 nitrogen and oxygen atoms in total. The molecule has 0 N–H and O–H groups in total. The first-order chi connectivity index (χ1) is 12.1. The van der Waals surface area contributed by atoms with Gasteiger partial charge in [-0.3, -0.25) is 0 Å². The molecule has 6 heteroatoms. The van der Waals surface area contributed by atoms with Gasteiger partial charge < -0.3 is 9.47 Å². The van der Waals surface area contributed by atoms with E-state index in [1.54, 1.807) is 4.31 Å². The van der Waals surface area contributed by atoms with Crippen LogP contribution in [-0.4, -0.2) is 44.3 Å². The van der Waals surface area contributed by atoms with Gasteiger partial charge in [-0.25, -0.2) is 12.7 Å². The summed E-state index contributed by atoms with van der Waals surface area (Å²) in [6, 6.07) is 6.36. The topological polar surface area (TPSA) is 55.8 Å². The van der Waals surface area contributed by atoms with Gasteiger partial charge in [0.05, 0.1) is 19.0 Å². The number of ether oxygens (including phenoxy) is 2. The normalized spacial score (nSPS) is 30.3. The molecule has 0 radical (unpaired) electrons. The minimum atomic E-state index is -3.10. The molecule has 3 heterocycles. The van der Waals surface area contributed by atoms with E-state index < -0.39 is 10.0 Å². The van der Waals surface area contributed by atoms with Crippen molar-refractivity contribution in [2.75, 3.05) is 26.0 Å². The third kappa shape index (κ3) is 3.06. The van der Waals surface area contributed by atoms with Crippen molar-refractivity contribution < 1.29 is 17.9 Å². The Balaban J connectivity index is 1.58. The minimum Gasteiger partial charge on any atom is -0.487 e. The molecular formula is C20H29NO4S. The largest absolute Gasteiger partial charge is 0.487 e. The summed E-state index contributed by atoms with van der Waals surface area (Å²) in [5.41, 5.74) is 2.11. The van der Waals surface area contributed by atoms with Crippen molar-refractivity contribution in [2.24, 2.45) is 11.3 Å². The van der Waals surface area contributed by atoms with Gasteiger partial charge in [0, 0.05) is 24.6 Å². The van der Waals surface area contributed by atoms with Crippen molar-refractivity contribution in [1.82, 2.24) is 4.31 Å². The van der Waals surface area contributed by atoms with Crippen molar-refractivity contribution in [3.05, 3.63) is 29.3 Å². The minimum absolute atomic E-state index is 0.0607. The van der Waals surface area contributed by atoms with Crippen LogP contribution in [0.15, 0.2) is 18.2 Å². The zero-order valence-corrected chi connectivity index (χ0v) is 16.9. The summed E-state index contributed by atoms with van der Waals surface area (Å²) in [7, 11) is -3.10. The first kappa shape index (κ1) is 18.3. The Bertz CT molecular complexity index is 809. The molecule has 0 unspecified atom stereocenters. The van der Waals surface area contributed by atoms with E-state index in [0.717, 1.165) is 30.6 Å². The maximum atomic E-state index is 11.8. The molecule has 4 rings (SSSR count). The van der Waals surface area contributed by atoms with Crippen molar-refractivity contribution in [2.45, 2.75) is 51.7 Å². The predicted octanol–water partition coefficient (Wildman–Crippen LogP) is 3.29. The molecule has 2 atom stereocenters. The standard InChI is InChI=1S/C20H29NO4S/c1-14-5-6-15-17(11-14)25-19(2,3)16-12-20(13-24-18(15)16)7-9-21(10-8-20)26(4,22)23/h5-6,11,16,18H,7-10,12-13H2,1-4H3/t16-,18+/m0/s1. The number of rotatable bonds is 1. The highest BCUT2D eigenvalue weighted by molar-refractivity contribution is 7.88. The maximum absolute atomic E-state index is 11.8. The second-order valence-electron chi connectivity index (χ2n) is 8.95. The predicted molar refractivity (Wildman–Crippen MR) is 101 cm³/mol. The average molecular weight is 380 g/mol. The van der Waals surface area contributed by atoms with Crippen LogP contribution in [-0.2, 0) is 14.8 Å². The molecule has 0 amide bonds. The number of fused-ring (bicyclic) bond motifs is 3. The Morgan fingerprint density at radius 3 is 2.54 bits per heavy atom. The maximum Gasteiger partial charge on any atom is 0.211 e. The highest BCUT2D eigenvalue weighted by Crippen LogP contribution is 2.55. The smallest absolute Gasteiger partial charge is 0.211 e. The molecule has 26 heavy (non-hydrogen) atoms. The molecule has 144 valence electrons.